The zero-order valence-corrected chi connectivity index (χ0v) is 10.6. The first kappa shape index (κ1) is 12.2. The maximum absolute atomic E-state index is 9.51. The summed E-state index contributed by atoms with van der Waals surface area (Å²) in [5.41, 5.74) is 0. The minimum atomic E-state index is -0.394. The topological polar surface area (TPSA) is 53.4 Å². The lowest BCUT2D eigenvalue weighted by atomic mass is 10.2. The van der Waals surface area contributed by atoms with Gasteiger partial charge in [0.15, 0.2) is 0 Å². The molecule has 2 unspecified atom stereocenters. The van der Waals surface area contributed by atoms with Crippen LogP contribution < -0.4 is 0 Å². The Morgan fingerprint density at radius 2 is 2.00 bits per heavy atom. The predicted octanol–water partition coefficient (Wildman–Crippen LogP) is 2.80. The van der Waals surface area contributed by atoms with Gasteiger partial charge in [-0.05, 0) is 30.5 Å². The SMILES string of the molecule is CC(O)C(C)Sc1nccc2ccc(O)cc12. The van der Waals surface area contributed by atoms with Gasteiger partial charge in [0.2, 0.25) is 0 Å². The van der Waals surface area contributed by atoms with Gasteiger partial charge in [-0.3, -0.25) is 0 Å². The van der Waals surface area contributed by atoms with Crippen molar-refractivity contribution in [3.8, 4) is 5.75 Å². The van der Waals surface area contributed by atoms with Gasteiger partial charge in [0.05, 0.1) is 6.10 Å². The van der Waals surface area contributed by atoms with E-state index in [9.17, 15) is 10.2 Å². The molecule has 3 nitrogen and oxygen atoms in total. The van der Waals surface area contributed by atoms with Gasteiger partial charge in [0, 0.05) is 16.8 Å². The molecule has 17 heavy (non-hydrogen) atoms. The quantitative estimate of drug-likeness (QED) is 0.821. The molecule has 4 heteroatoms. The van der Waals surface area contributed by atoms with Crippen molar-refractivity contribution in [1.29, 1.82) is 0 Å². The highest BCUT2D eigenvalue weighted by Crippen LogP contribution is 2.31. The first-order valence-corrected chi connectivity index (χ1v) is 6.38. The zero-order valence-electron chi connectivity index (χ0n) is 9.79. The number of pyridine rings is 1. The molecule has 0 aliphatic heterocycles. The van der Waals surface area contributed by atoms with Crippen LogP contribution in [0.15, 0.2) is 35.5 Å². The molecule has 1 aromatic heterocycles. The highest BCUT2D eigenvalue weighted by atomic mass is 32.2. The van der Waals surface area contributed by atoms with Crippen molar-refractivity contribution in [3.63, 3.8) is 0 Å². The lowest BCUT2D eigenvalue weighted by Gasteiger charge is -2.14. The van der Waals surface area contributed by atoms with Crippen LogP contribution in [0.1, 0.15) is 13.8 Å². The Balaban J connectivity index is 2.43. The van der Waals surface area contributed by atoms with Gasteiger partial charge < -0.3 is 10.2 Å². The molecule has 90 valence electrons. The van der Waals surface area contributed by atoms with E-state index in [1.807, 2.05) is 19.1 Å². The largest absolute Gasteiger partial charge is 0.508 e. The van der Waals surface area contributed by atoms with Crippen molar-refractivity contribution < 1.29 is 10.2 Å². The number of aliphatic hydroxyl groups is 1. The van der Waals surface area contributed by atoms with Crippen molar-refractivity contribution >= 4 is 22.5 Å². The molecule has 0 aliphatic rings. The Labute approximate surface area is 105 Å². The Bertz CT molecular complexity index is 528. The number of rotatable bonds is 3. The van der Waals surface area contributed by atoms with E-state index in [1.54, 1.807) is 25.3 Å². The summed E-state index contributed by atoms with van der Waals surface area (Å²) in [6.45, 7) is 3.72. The molecule has 2 aromatic rings. The number of aromatic nitrogens is 1. The lowest BCUT2D eigenvalue weighted by Crippen LogP contribution is -2.15. The first-order chi connectivity index (χ1) is 8.08. The summed E-state index contributed by atoms with van der Waals surface area (Å²) < 4.78 is 0. The molecule has 0 saturated heterocycles. The monoisotopic (exact) mass is 249 g/mol. The average molecular weight is 249 g/mol. The number of nitrogens with zero attached hydrogens (tertiary/aromatic N) is 1. The summed E-state index contributed by atoms with van der Waals surface area (Å²) in [5.74, 6) is 0.233. The summed E-state index contributed by atoms with van der Waals surface area (Å²) in [5, 5.41) is 21.9. The Hall–Kier alpha value is -1.26. The molecule has 0 fully saturated rings. The summed E-state index contributed by atoms with van der Waals surface area (Å²) in [6, 6.07) is 7.14. The van der Waals surface area contributed by atoms with Gasteiger partial charge >= 0.3 is 0 Å². The summed E-state index contributed by atoms with van der Waals surface area (Å²) >= 11 is 1.52. The number of phenols is 1. The van der Waals surface area contributed by atoms with Crippen LogP contribution in [-0.4, -0.2) is 26.6 Å². The van der Waals surface area contributed by atoms with Crippen LogP contribution in [0, 0.1) is 0 Å². The van der Waals surface area contributed by atoms with Crippen molar-refractivity contribution in [3.05, 3.63) is 30.5 Å². The number of phenolic OH excluding ortho intramolecular Hbond substituents is 1. The fourth-order valence-corrected chi connectivity index (χ4v) is 2.47. The van der Waals surface area contributed by atoms with Crippen molar-refractivity contribution in [1.82, 2.24) is 4.98 Å². The van der Waals surface area contributed by atoms with Crippen molar-refractivity contribution in [2.45, 2.75) is 30.2 Å². The third-order valence-corrected chi connectivity index (χ3v) is 4.00. The molecule has 0 bridgehead atoms. The van der Waals surface area contributed by atoms with E-state index in [4.69, 9.17) is 0 Å². The highest BCUT2D eigenvalue weighted by Gasteiger charge is 2.13. The van der Waals surface area contributed by atoms with E-state index in [2.05, 4.69) is 4.98 Å². The van der Waals surface area contributed by atoms with Crippen LogP contribution in [0.4, 0.5) is 0 Å². The zero-order chi connectivity index (χ0) is 12.4. The minimum absolute atomic E-state index is 0.0652. The second kappa shape index (κ2) is 4.94. The van der Waals surface area contributed by atoms with Crippen molar-refractivity contribution in [2.24, 2.45) is 0 Å². The summed E-state index contributed by atoms with van der Waals surface area (Å²) in [4.78, 5) is 4.31. The number of aromatic hydroxyl groups is 1. The van der Waals surface area contributed by atoms with E-state index >= 15 is 0 Å². The molecule has 1 aromatic carbocycles. The number of aliphatic hydroxyl groups excluding tert-OH is 1. The van der Waals surface area contributed by atoms with Gasteiger partial charge in [-0.15, -0.1) is 11.8 Å². The molecular formula is C13H15NO2S. The molecule has 0 amide bonds. The molecule has 0 radical (unpaired) electrons. The molecule has 0 saturated carbocycles. The normalized spacial score (nSPS) is 14.8. The lowest BCUT2D eigenvalue weighted by molar-refractivity contribution is 0.196. The summed E-state index contributed by atoms with van der Waals surface area (Å²) in [6.07, 6.45) is 1.35. The van der Waals surface area contributed by atoms with Gasteiger partial charge in [-0.1, -0.05) is 13.0 Å². The molecular weight excluding hydrogens is 234 g/mol. The molecule has 2 atom stereocenters. The Morgan fingerprint density at radius 1 is 1.24 bits per heavy atom. The van der Waals surface area contributed by atoms with E-state index in [-0.39, 0.29) is 11.0 Å². The molecule has 0 aliphatic carbocycles. The van der Waals surface area contributed by atoms with Crippen LogP contribution in [-0.2, 0) is 0 Å². The first-order valence-electron chi connectivity index (χ1n) is 5.50. The molecule has 2 rings (SSSR count). The smallest absolute Gasteiger partial charge is 0.116 e. The minimum Gasteiger partial charge on any atom is -0.508 e. The van der Waals surface area contributed by atoms with Crippen LogP contribution in [0.2, 0.25) is 0 Å². The van der Waals surface area contributed by atoms with Crippen LogP contribution in [0.3, 0.4) is 0 Å². The summed E-state index contributed by atoms with van der Waals surface area (Å²) in [7, 11) is 0. The molecule has 2 N–H and O–H groups in total. The number of fused-ring (bicyclic) bond motifs is 1. The second-order valence-electron chi connectivity index (χ2n) is 4.09. The fraction of sp³-hybridized carbons (Fsp3) is 0.308. The average Bonchev–Trinajstić information content (AvgIpc) is 2.29. The predicted molar refractivity (Wildman–Crippen MR) is 70.4 cm³/mol. The van der Waals surface area contributed by atoms with Crippen LogP contribution in [0.25, 0.3) is 10.8 Å². The fourth-order valence-electron chi connectivity index (χ4n) is 1.50. The Kier molecular flexibility index (Phi) is 3.54. The second-order valence-corrected chi connectivity index (χ2v) is 5.45. The maximum Gasteiger partial charge on any atom is 0.116 e. The number of hydrogen-bond acceptors (Lipinski definition) is 4. The van der Waals surface area contributed by atoms with Crippen molar-refractivity contribution in [2.75, 3.05) is 0 Å². The third-order valence-electron chi connectivity index (χ3n) is 2.69. The van der Waals surface area contributed by atoms with Gasteiger partial charge in [-0.2, -0.15) is 0 Å². The number of hydrogen-bond donors (Lipinski definition) is 2. The van der Waals surface area contributed by atoms with E-state index in [0.29, 0.717) is 0 Å². The molecule has 0 spiro atoms. The van der Waals surface area contributed by atoms with E-state index in [1.165, 1.54) is 11.8 Å². The van der Waals surface area contributed by atoms with E-state index < -0.39 is 6.10 Å². The molecule has 1 heterocycles. The number of benzene rings is 1. The third kappa shape index (κ3) is 2.70. The van der Waals surface area contributed by atoms with Crippen LogP contribution >= 0.6 is 11.8 Å². The van der Waals surface area contributed by atoms with Crippen LogP contribution in [0.5, 0.6) is 5.75 Å². The van der Waals surface area contributed by atoms with Gasteiger partial charge in [0.1, 0.15) is 10.8 Å². The Morgan fingerprint density at radius 3 is 2.71 bits per heavy atom. The van der Waals surface area contributed by atoms with E-state index in [0.717, 1.165) is 15.8 Å². The highest BCUT2D eigenvalue weighted by molar-refractivity contribution is 8.00. The van der Waals surface area contributed by atoms with Gasteiger partial charge in [-0.25, -0.2) is 4.98 Å². The number of thioether (sulfide) groups is 1. The standard InChI is InChI=1S/C13H15NO2S/c1-8(15)9(2)17-13-12-7-11(16)4-3-10(12)5-6-14-13/h3-9,15-16H,1-2H3. The maximum atomic E-state index is 9.51. The van der Waals surface area contributed by atoms with Gasteiger partial charge in [0.25, 0.3) is 0 Å².